The summed E-state index contributed by atoms with van der Waals surface area (Å²) in [7, 11) is -3.96. The maximum absolute atomic E-state index is 14.9. The van der Waals surface area contributed by atoms with E-state index in [9.17, 15) is 34.0 Å². The second-order valence-electron chi connectivity index (χ2n) is 9.25. The Bertz CT molecular complexity index is 1130. The molecule has 1 aliphatic rings. The third-order valence-corrected chi connectivity index (χ3v) is 9.30. The topological polar surface area (TPSA) is 158 Å². The largest absolute Gasteiger partial charge is 0.481 e. The van der Waals surface area contributed by atoms with Crippen molar-refractivity contribution in [2.75, 3.05) is 6.54 Å². The maximum Gasteiger partial charge on any atom is 0.327 e. The Labute approximate surface area is 215 Å². The first-order valence-corrected chi connectivity index (χ1v) is 14.1. The Morgan fingerprint density at radius 2 is 1.51 bits per heavy atom. The lowest BCUT2D eigenvalue weighted by Gasteiger charge is -2.39. The van der Waals surface area contributed by atoms with Crippen LogP contribution in [0.2, 0.25) is 0 Å². The number of carbonyl (C=O) groups excluding carboxylic acids is 2. The van der Waals surface area contributed by atoms with E-state index in [1.807, 2.05) is 0 Å². The van der Waals surface area contributed by atoms with Gasteiger partial charge in [0, 0.05) is 18.9 Å². The molecule has 1 fully saturated rings. The molecule has 37 heavy (non-hydrogen) atoms. The first kappa shape index (κ1) is 28.1. The molecular weight excluding hydrogens is 497 g/mol. The molecule has 0 bridgehead atoms. The number of amides is 2. The van der Waals surface area contributed by atoms with Gasteiger partial charge < -0.3 is 20.8 Å². The fourth-order valence-corrected chi connectivity index (χ4v) is 7.84. The second kappa shape index (κ2) is 12.2. The summed E-state index contributed by atoms with van der Waals surface area (Å²) in [6.45, 7) is 1.73. The number of benzene rings is 2. The van der Waals surface area contributed by atoms with Crippen LogP contribution in [-0.2, 0) is 36.1 Å². The van der Waals surface area contributed by atoms with Crippen molar-refractivity contribution in [3.8, 4) is 0 Å². The molecule has 1 heterocycles. The molecule has 1 aliphatic heterocycles. The summed E-state index contributed by atoms with van der Waals surface area (Å²) in [5, 5.41) is 19.6. The number of likely N-dealkylation sites (tertiary alicyclic amines) is 1. The van der Waals surface area contributed by atoms with Gasteiger partial charge in [-0.2, -0.15) is 0 Å². The second-order valence-corrected chi connectivity index (χ2v) is 12.0. The number of carboxylic acid groups (broad SMARTS) is 2. The van der Waals surface area contributed by atoms with Gasteiger partial charge in [0.15, 0.2) is 7.29 Å². The first-order chi connectivity index (χ1) is 17.5. The molecule has 198 valence electrons. The van der Waals surface area contributed by atoms with Gasteiger partial charge in [-0.15, -0.1) is 0 Å². The van der Waals surface area contributed by atoms with E-state index in [0.717, 1.165) is 4.67 Å². The minimum Gasteiger partial charge on any atom is -0.481 e. The third kappa shape index (κ3) is 6.84. The van der Waals surface area contributed by atoms with E-state index in [1.165, 1.54) is 11.8 Å². The molecule has 11 heteroatoms. The number of nitrogens with zero attached hydrogens (tertiary/aromatic N) is 2. The molecule has 1 saturated heterocycles. The van der Waals surface area contributed by atoms with Gasteiger partial charge >= 0.3 is 11.9 Å². The van der Waals surface area contributed by atoms with Crippen molar-refractivity contribution in [3.05, 3.63) is 71.8 Å². The Morgan fingerprint density at radius 1 is 1.00 bits per heavy atom. The van der Waals surface area contributed by atoms with E-state index >= 15 is 0 Å². The van der Waals surface area contributed by atoms with Gasteiger partial charge in [0.25, 0.3) is 5.91 Å². The van der Waals surface area contributed by atoms with Crippen LogP contribution >= 0.6 is 7.29 Å². The summed E-state index contributed by atoms with van der Waals surface area (Å²) in [6, 6.07) is 13.5. The highest BCUT2D eigenvalue weighted by Gasteiger charge is 2.48. The molecule has 0 aromatic heterocycles. The highest BCUT2D eigenvalue weighted by Crippen LogP contribution is 2.57. The zero-order valence-electron chi connectivity index (χ0n) is 20.6. The zero-order chi connectivity index (χ0) is 27.2. The lowest BCUT2D eigenvalue weighted by atomic mass is 10.1. The summed E-state index contributed by atoms with van der Waals surface area (Å²) in [5.74, 6) is -4.36. The molecular formula is C26H32N3O7P. The van der Waals surface area contributed by atoms with E-state index in [-0.39, 0.29) is 25.3 Å². The number of hydrogen-bond acceptors (Lipinski definition) is 6. The monoisotopic (exact) mass is 529 g/mol. The van der Waals surface area contributed by atoms with Gasteiger partial charge in [-0.05, 0) is 30.9 Å². The van der Waals surface area contributed by atoms with Crippen LogP contribution in [-0.4, -0.2) is 68.2 Å². The van der Waals surface area contributed by atoms with Crippen molar-refractivity contribution in [2.24, 2.45) is 5.73 Å². The molecule has 0 radical (unpaired) electrons. The van der Waals surface area contributed by atoms with Crippen molar-refractivity contribution < 1.29 is 34.0 Å². The minimum atomic E-state index is -3.96. The van der Waals surface area contributed by atoms with Crippen molar-refractivity contribution in [3.63, 3.8) is 0 Å². The maximum atomic E-state index is 14.9. The standard InChI is InChI=1S/C26H32N3O7P/c1-18(27)24(32)28-14-8-13-21(28)25(33)29(22(26(34)35)15-23(30)31)37(36,16-19-9-4-2-5-10-19)17-20-11-6-3-7-12-20/h2-7,9-12,18,21-22H,8,13-17,27H2,1H3,(H,30,31)(H,34,35)/t18-,21-,22-/m0/s1. The summed E-state index contributed by atoms with van der Waals surface area (Å²) in [5.41, 5.74) is 6.99. The van der Waals surface area contributed by atoms with Crippen LogP contribution < -0.4 is 5.73 Å². The van der Waals surface area contributed by atoms with E-state index in [0.29, 0.717) is 17.5 Å². The van der Waals surface area contributed by atoms with E-state index < -0.39 is 55.6 Å². The quantitative estimate of drug-likeness (QED) is 0.375. The highest BCUT2D eigenvalue weighted by atomic mass is 31.2. The molecule has 3 atom stereocenters. The number of rotatable bonds is 11. The fraction of sp³-hybridized carbons (Fsp3) is 0.385. The molecule has 2 aromatic carbocycles. The van der Waals surface area contributed by atoms with Crippen LogP contribution in [0, 0.1) is 0 Å². The van der Waals surface area contributed by atoms with Gasteiger partial charge in [0.2, 0.25) is 5.91 Å². The Hall–Kier alpha value is -3.49. The predicted molar refractivity (Wildman–Crippen MR) is 137 cm³/mol. The van der Waals surface area contributed by atoms with E-state index in [1.54, 1.807) is 60.7 Å². The Kier molecular flexibility index (Phi) is 9.23. The van der Waals surface area contributed by atoms with Crippen molar-refractivity contribution in [1.82, 2.24) is 9.57 Å². The molecule has 0 saturated carbocycles. The van der Waals surface area contributed by atoms with Crippen LogP contribution in [0.25, 0.3) is 0 Å². The van der Waals surface area contributed by atoms with Crippen LogP contribution in [0.4, 0.5) is 0 Å². The van der Waals surface area contributed by atoms with Gasteiger partial charge in [-0.1, -0.05) is 60.7 Å². The summed E-state index contributed by atoms with van der Waals surface area (Å²) in [4.78, 5) is 52.2. The summed E-state index contributed by atoms with van der Waals surface area (Å²) < 4.78 is 15.7. The van der Waals surface area contributed by atoms with Crippen LogP contribution in [0.15, 0.2) is 60.7 Å². The molecule has 2 amide bonds. The molecule has 0 unspecified atom stereocenters. The molecule has 0 spiro atoms. The Morgan fingerprint density at radius 3 is 1.95 bits per heavy atom. The molecule has 3 rings (SSSR count). The molecule has 4 N–H and O–H groups in total. The number of nitrogens with two attached hydrogens (primary N) is 1. The van der Waals surface area contributed by atoms with Gasteiger partial charge in [-0.25, -0.2) is 4.79 Å². The first-order valence-electron chi connectivity index (χ1n) is 12.0. The highest BCUT2D eigenvalue weighted by molar-refractivity contribution is 7.60. The van der Waals surface area contributed by atoms with Gasteiger partial charge in [0.1, 0.15) is 12.1 Å². The number of carboxylic acids is 2. The van der Waals surface area contributed by atoms with Crippen LogP contribution in [0.3, 0.4) is 0 Å². The van der Waals surface area contributed by atoms with Gasteiger partial charge in [-0.3, -0.25) is 23.6 Å². The van der Waals surface area contributed by atoms with Crippen molar-refractivity contribution in [2.45, 2.75) is 56.6 Å². The smallest absolute Gasteiger partial charge is 0.327 e. The minimum absolute atomic E-state index is 0.161. The molecule has 2 aromatic rings. The molecule has 0 aliphatic carbocycles. The lowest BCUT2D eigenvalue weighted by molar-refractivity contribution is -0.153. The van der Waals surface area contributed by atoms with Gasteiger partial charge in [0.05, 0.1) is 12.5 Å². The average Bonchev–Trinajstić information content (AvgIpc) is 3.33. The van der Waals surface area contributed by atoms with Crippen LogP contribution in [0.5, 0.6) is 0 Å². The van der Waals surface area contributed by atoms with Crippen LogP contribution in [0.1, 0.15) is 37.3 Å². The van der Waals surface area contributed by atoms with E-state index in [2.05, 4.69) is 0 Å². The Balaban J connectivity index is 2.16. The van der Waals surface area contributed by atoms with E-state index in [4.69, 9.17) is 5.73 Å². The number of aliphatic carboxylic acids is 2. The SMILES string of the molecule is C[C@H](N)C(=O)N1CCC[C@H]1C(=O)N([C@@H](CC(=O)O)C(=O)O)P(=O)(Cc1ccccc1)Cc1ccccc1. The average molecular weight is 530 g/mol. The third-order valence-electron chi connectivity index (χ3n) is 6.32. The lowest BCUT2D eigenvalue weighted by Crippen LogP contribution is -2.54. The number of carbonyl (C=O) groups is 4. The normalized spacial score (nSPS) is 17.1. The predicted octanol–water partition coefficient (Wildman–Crippen LogP) is 2.76. The van der Waals surface area contributed by atoms with Crippen molar-refractivity contribution >= 4 is 31.0 Å². The zero-order valence-corrected chi connectivity index (χ0v) is 21.5. The van der Waals surface area contributed by atoms with Crippen molar-refractivity contribution in [1.29, 1.82) is 0 Å². The molecule has 10 nitrogen and oxygen atoms in total. The number of hydrogen-bond donors (Lipinski definition) is 3. The fourth-order valence-electron chi connectivity index (χ4n) is 4.68. The summed E-state index contributed by atoms with van der Waals surface area (Å²) in [6.07, 6.45) is -0.564. The summed E-state index contributed by atoms with van der Waals surface area (Å²) >= 11 is 0.